The molecule has 8 heteroatoms. The second-order valence-corrected chi connectivity index (χ2v) is 5.83. The first-order valence-corrected chi connectivity index (χ1v) is 8.30. The maximum absolute atomic E-state index is 11.7. The third-order valence-electron chi connectivity index (χ3n) is 4.44. The number of anilines is 1. The highest BCUT2D eigenvalue weighted by molar-refractivity contribution is 5.86. The van der Waals surface area contributed by atoms with Crippen LogP contribution in [0.4, 0.5) is 5.69 Å². The molecule has 1 aliphatic heterocycles. The molecule has 0 bridgehead atoms. The summed E-state index contributed by atoms with van der Waals surface area (Å²) in [5.41, 5.74) is 1.52. The highest BCUT2D eigenvalue weighted by Crippen LogP contribution is 2.28. The lowest BCUT2D eigenvalue weighted by Gasteiger charge is -2.36. The van der Waals surface area contributed by atoms with E-state index >= 15 is 0 Å². The number of rotatable bonds is 6. The van der Waals surface area contributed by atoms with E-state index in [9.17, 15) is 4.79 Å². The van der Waals surface area contributed by atoms with E-state index in [0.29, 0.717) is 12.2 Å². The van der Waals surface area contributed by atoms with Gasteiger partial charge in [0, 0.05) is 32.7 Å². The van der Waals surface area contributed by atoms with Crippen LogP contribution in [0.1, 0.15) is 10.5 Å². The van der Waals surface area contributed by atoms with Crippen molar-refractivity contribution in [3.63, 3.8) is 0 Å². The average molecular weight is 345 g/mol. The van der Waals surface area contributed by atoms with Gasteiger partial charge in [0.2, 0.25) is 0 Å². The third kappa shape index (κ3) is 3.90. The summed E-state index contributed by atoms with van der Waals surface area (Å²) in [5.74, 6) is 0.493. The summed E-state index contributed by atoms with van der Waals surface area (Å²) in [6.07, 6.45) is 1.44. The van der Waals surface area contributed by atoms with E-state index in [2.05, 4.69) is 26.2 Å². The molecule has 0 aliphatic carbocycles. The lowest BCUT2D eigenvalue weighted by Crippen LogP contribution is -2.47. The van der Waals surface area contributed by atoms with Gasteiger partial charge in [-0.15, -0.1) is 5.10 Å². The van der Waals surface area contributed by atoms with Crippen molar-refractivity contribution in [2.24, 2.45) is 0 Å². The number of para-hydroxylation sites is 2. The predicted molar refractivity (Wildman–Crippen MR) is 93.0 cm³/mol. The van der Waals surface area contributed by atoms with Gasteiger partial charge in [-0.1, -0.05) is 17.3 Å². The summed E-state index contributed by atoms with van der Waals surface area (Å²) in [6.45, 7) is 5.18. The van der Waals surface area contributed by atoms with Gasteiger partial charge in [0.15, 0.2) is 5.69 Å². The Kier molecular flexibility index (Phi) is 5.49. The van der Waals surface area contributed by atoms with Crippen molar-refractivity contribution >= 4 is 11.7 Å². The SMILES string of the molecule is COC(=O)c1cnnn1CCN1CCN(c2ccccc2OC)CC1. The lowest BCUT2D eigenvalue weighted by atomic mass is 10.2. The molecule has 1 saturated heterocycles. The van der Waals surface area contributed by atoms with Gasteiger partial charge in [-0.2, -0.15) is 0 Å². The molecule has 1 fully saturated rings. The molecular weight excluding hydrogens is 322 g/mol. The number of hydrogen-bond donors (Lipinski definition) is 0. The molecule has 25 heavy (non-hydrogen) atoms. The zero-order valence-electron chi connectivity index (χ0n) is 14.6. The van der Waals surface area contributed by atoms with Crippen LogP contribution < -0.4 is 9.64 Å². The Hall–Kier alpha value is -2.61. The molecule has 2 aromatic rings. The molecule has 1 aliphatic rings. The fraction of sp³-hybridized carbons (Fsp3) is 0.471. The normalized spacial score (nSPS) is 15.2. The Labute approximate surface area is 146 Å². The maximum Gasteiger partial charge on any atom is 0.358 e. The van der Waals surface area contributed by atoms with Crippen LogP contribution >= 0.6 is 0 Å². The Morgan fingerprint density at radius 1 is 1.12 bits per heavy atom. The van der Waals surface area contributed by atoms with E-state index in [-0.39, 0.29) is 0 Å². The molecule has 2 heterocycles. The summed E-state index contributed by atoms with van der Waals surface area (Å²) in [5, 5.41) is 7.76. The number of esters is 1. The number of carbonyl (C=O) groups excluding carboxylic acids is 1. The van der Waals surface area contributed by atoms with Gasteiger partial charge in [0.05, 0.1) is 32.6 Å². The molecule has 1 aromatic carbocycles. The summed E-state index contributed by atoms with van der Waals surface area (Å²) in [4.78, 5) is 16.3. The van der Waals surface area contributed by atoms with E-state index in [1.807, 2.05) is 18.2 Å². The molecule has 0 N–H and O–H groups in total. The smallest absolute Gasteiger partial charge is 0.358 e. The fourth-order valence-electron chi connectivity index (χ4n) is 3.03. The summed E-state index contributed by atoms with van der Waals surface area (Å²) < 4.78 is 11.8. The topological polar surface area (TPSA) is 72.7 Å². The predicted octanol–water partition coefficient (Wildman–Crippen LogP) is 0.895. The van der Waals surface area contributed by atoms with Gasteiger partial charge in [-0.05, 0) is 12.1 Å². The second-order valence-electron chi connectivity index (χ2n) is 5.83. The number of carbonyl (C=O) groups is 1. The van der Waals surface area contributed by atoms with E-state index in [0.717, 1.165) is 44.2 Å². The largest absolute Gasteiger partial charge is 0.495 e. The molecule has 0 saturated carbocycles. The van der Waals surface area contributed by atoms with Crippen LogP contribution in [0, 0.1) is 0 Å². The van der Waals surface area contributed by atoms with Crippen LogP contribution in [0.15, 0.2) is 30.5 Å². The van der Waals surface area contributed by atoms with Gasteiger partial charge in [-0.25, -0.2) is 9.48 Å². The van der Waals surface area contributed by atoms with Crippen LogP contribution in [-0.2, 0) is 11.3 Å². The minimum Gasteiger partial charge on any atom is -0.495 e. The monoisotopic (exact) mass is 345 g/mol. The van der Waals surface area contributed by atoms with E-state index in [4.69, 9.17) is 9.47 Å². The zero-order chi connectivity index (χ0) is 17.6. The van der Waals surface area contributed by atoms with Crippen molar-refractivity contribution in [2.75, 3.05) is 51.8 Å². The first kappa shape index (κ1) is 17.2. The molecule has 0 atom stereocenters. The molecule has 0 radical (unpaired) electrons. The number of piperazine rings is 1. The van der Waals surface area contributed by atoms with Crippen molar-refractivity contribution in [1.29, 1.82) is 0 Å². The summed E-state index contributed by atoms with van der Waals surface area (Å²) in [6, 6.07) is 8.09. The summed E-state index contributed by atoms with van der Waals surface area (Å²) in [7, 11) is 3.06. The van der Waals surface area contributed by atoms with E-state index < -0.39 is 5.97 Å². The van der Waals surface area contributed by atoms with Crippen molar-refractivity contribution < 1.29 is 14.3 Å². The first-order valence-electron chi connectivity index (χ1n) is 8.30. The van der Waals surface area contributed by atoms with Gasteiger partial charge in [-0.3, -0.25) is 4.90 Å². The molecule has 0 spiro atoms. The van der Waals surface area contributed by atoms with Crippen LogP contribution in [0.25, 0.3) is 0 Å². The van der Waals surface area contributed by atoms with Crippen molar-refractivity contribution in [3.8, 4) is 5.75 Å². The molecule has 0 amide bonds. The Balaban J connectivity index is 1.53. The van der Waals surface area contributed by atoms with Crippen molar-refractivity contribution in [2.45, 2.75) is 6.54 Å². The Morgan fingerprint density at radius 2 is 1.88 bits per heavy atom. The molecule has 134 valence electrons. The standard InChI is InChI=1S/C17H23N5O3/c1-24-16-6-4-3-5-14(16)21-10-7-20(8-11-21)9-12-22-15(13-18-19-22)17(23)25-2/h3-6,13H,7-12H2,1-2H3. The molecule has 8 nitrogen and oxygen atoms in total. The number of methoxy groups -OCH3 is 2. The number of hydrogen-bond acceptors (Lipinski definition) is 7. The van der Waals surface area contributed by atoms with Crippen LogP contribution in [0.2, 0.25) is 0 Å². The molecular formula is C17H23N5O3. The highest BCUT2D eigenvalue weighted by atomic mass is 16.5. The number of aromatic nitrogens is 3. The van der Waals surface area contributed by atoms with Gasteiger partial charge >= 0.3 is 5.97 Å². The van der Waals surface area contributed by atoms with E-state index in [1.54, 1.807) is 11.8 Å². The first-order chi connectivity index (χ1) is 12.2. The van der Waals surface area contributed by atoms with Crippen LogP contribution in [0.5, 0.6) is 5.75 Å². The van der Waals surface area contributed by atoms with Crippen LogP contribution in [-0.4, -0.2) is 72.8 Å². The Morgan fingerprint density at radius 3 is 2.60 bits per heavy atom. The van der Waals surface area contributed by atoms with E-state index in [1.165, 1.54) is 13.3 Å². The molecule has 1 aromatic heterocycles. The second kappa shape index (κ2) is 7.98. The number of nitrogens with zero attached hydrogens (tertiary/aromatic N) is 5. The van der Waals surface area contributed by atoms with Crippen LogP contribution in [0.3, 0.4) is 0 Å². The molecule has 0 unspecified atom stereocenters. The average Bonchev–Trinajstić information content (AvgIpc) is 3.14. The fourth-order valence-corrected chi connectivity index (χ4v) is 3.03. The lowest BCUT2D eigenvalue weighted by molar-refractivity contribution is 0.0585. The number of benzene rings is 1. The number of ether oxygens (including phenoxy) is 2. The minimum absolute atomic E-state index is 0.384. The Bertz CT molecular complexity index is 710. The highest BCUT2D eigenvalue weighted by Gasteiger charge is 2.20. The van der Waals surface area contributed by atoms with Crippen molar-refractivity contribution in [1.82, 2.24) is 19.9 Å². The molecule has 3 rings (SSSR count). The minimum atomic E-state index is -0.411. The maximum atomic E-state index is 11.7. The summed E-state index contributed by atoms with van der Waals surface area (Å²) >= 11 is 0. The van der Waals surface area contributed by atoms with Gasteiger partial charge < -0.3 is 14.4 Å². The van der Waals surface area contributed by atoms with Crippen molar-refractivity contribution in [3.05, 3.63) is 36.2 Å². The third-order valence-corrected chi connectivity index (χ3v) is 4.44. The quantitative estimate of drug-likeness (QED) is 0.720. The van der Waals surface area contributed by atoms with Gasteiger partial charge in [0.25, 0.3) is 0 Å². The zero-order valence-corrected chi connectivity index (χ0v) is 14.6. The van der Waals surface area contributed by atoms with Gasteiger partial charge in [0.1, 0.15) is 5.75 Å².